The maximum atomic E-state index is 11.5. The predicted octanol–water partition coefficient (Wildman–Crippen LogP) is 4.41. The Morgan fingerprint density at radius 3 is 2.38 bits per heavy atom. The van der Waals surface area contributed by atoms with Crippen molar-refractivity contribution in [2.24, 2.45) is 0 Å². The van der Waals surface area contributed by atoms with E-state index < -0.39 is 18.4 Å². The summed E-state index contributed by atoms with van der Waals surface area (Å²) >= 11 is 12.5. The highest BCUT2D eigenvalue weighted by Crippen LogP contribution is 2.33. The van der Waals surface area contributed by atoms with E-state index in [0.717, 1.165) is 69.1 Å². The lowest BCUT2D eigenvalue weighted by atomic mass is 10.0. The molecule has 0 spiro atoms. The summed E-state index contributed by atoms with van der Waals surface area (Å²) in [6.07, 6.45) is 2.66. The van der Waals surface area contributed by atoms with Crippen molar-refractivity contribution in [1.82, 2.24) is 4.90 Å². The Morgan fingerprint density at radius 1 is 0.973 bits per heavy atom. The summed E-state index contributed by atoms with van der Waals surface area (Å²) in [6.45, 7) is 5.71. The number of piperazine rings is 1. The Kier molecular flexibility index (Phi) is 10.9. The fourth-order valence-corrected chi connectivity index (χ4v) is 4.56. The predicted molar refractivity (Wildman–Crippen MR) is 143 cm³/mol. The number of carboxylic acids is 2. The van der Waals surface area contributed by atoms with Gasteiger partial charge in [-0.3, -0.25) is 19.3 Å². The van der Waals surface area contributed by atoms with Gasteiger partial charge >= 0.3 is 11.9 Å². The first-order valence-corrected chi connectivity index (χ1v) is 12.9. The van der Waals surface area contributed by atoms with Crippen LogP contribution in [0.15, 0.2) is 36.4 Å². The van der Waals surface area contributed by atoms with Crippen LogP contribution in [0.5, 0.6) is 5.75 Å². The third kappa shape index (κ3) is 9.10. The second kappa shape index (κ2) is 14.1. The minimum atomic E-state index is -1.31. The highest BCUT2D eigenvalue weighted by molar-refractivity contribution is 6.43. The van der Waals surface area contributed by atoms with Gasteiger partial charge in [-0.2, -0.15) is 0 Å². The van der Waals surface area contributed by atoms with Crippen molar-refractivity contribution in [3.8, 4) is 5.75 Å². The third-order valence-corrected chi connectivity index (χ3v) is 6.87. The molecule has 0 bridgehead atoms. The summed E-state index contributed by atoms with van der Waals surface area (Å²) in [5.41, 5.74) is 3.10. The summed E-state index contributed by atoms with van der Waals surface area (Å²) in [7, 11) is 0. The standard InChI is InChI=1S/C23H27Cl2N3O2.C3H4O4/c24-19-4-3-5-21(23(19)25)28-13-11-27(12-14-28)10-1-2-15-30-18-8-6-17-7-9-22(29)26-20(17)16-18;4-2(5)1-3(6)7/h3-6,8,16H,1-2,7,9-15H2,(H,26,29);1H2,(H,4,5)(H,6,7). The molecule has 0 aromatic heterocycles. The molecular weight excluding hydrogens is 521 g/mol. The highest BCUT2D eigenvalue weighted by atomic mass is 35.5. The van der Waals surface area contributed by atoms with Crippen LogP contribution in [-0.2, 0) is 20.8 Å². The molecule has 4 rings (SSSR count). The minimum Gasteiger partial charge on any atom is -0.494 e. The first-order chi connectivity index (χ1) is 17.7. The van der Waals surface area contributed by atoms with Gasteiger partial charge < -0.3 is 25.2 Å². The van der Waals surface area contributed by atoms with Crippen LogP contribution in [0.1, 0.15) is 31.2 Å². The van der Waals surface area contributed by atoms with Crippen molar-refractivity contribution in [1.29, 1.82) is 0 Å². The number of anilines is 2. The Balaban J connectivity index is 0.000000479. The van der Waals surface area contributed by atoms with E-state index in [4.69, 9.17) is 38.2 Å². The molecule has 1 saturated heterocycles. The van der Waals surface area contributed by atoms with Gasteiger partial charge in [0, 0.05) is 44.4 Å². The minimum absolute atomic E-state index is 0.0809. The van der Waals surface area contributed by atoms with Crippen LogP contribution in [0.4, 0.5) is 11.4 Å². The summed E-state index contributed by atoms with van der Waals surface area (Å²) < 4.78 is 5.89. The highest BCUT2D eigenvalue weighted by Gasteiger charge is 2.19. The molecule has 9 nitrogen and oxygen atoms in total. The van der Waals surface area contributed by atoms with Crippen LogP contribution >= 0.6 is 23.2 Å². The van der Waals surface area contributed by atoms with Crippen LogP contribution in [0.3, 0.4) is 0 Å². The lowest BCUT2D eigenvalue weighted by Crippen LogP contribution is -2.46. The van der Waals surface area contributed by atoms with Crippen LogP contribution in [-0.4, -0.2) is 72.3 Å². The topological polar surface area (TPSA) is 119 Å². The largest absolute Gasteiger partial charge is 0.494 e. The Labute approximate surface area is 225 Å². The van der Waals surface area contributed by atoms with E-state index in [-0.39, 0.29) is 5.91 Å². The molecule has 1 amide bonds. The molecular formula is C26H31Cl2N3O6. The van der Waals surface area contributed by atoms with Crippen LogP contribution in [0, 0.1) is 0 Å². The number of halogens is 2. The monoisotopic (exact) mass is 551 g/mol. The summed E-state index contributed by atoms with van der Waals surface area (Å²) in [5, 5.41) is 19.6. The first kappa shape index (κ1) is 28.6. The van der Waals surface area contributed by atoms with E-state index in [1.165, 1.54) is 5.56 Å². The maximum Gasteiger partial charge on any atom is 0.314 e. The zero-order valence-corrected chi connectivity index (χ0v) is 21.9. The number of hydrogen-bond donors (Lipinski definition) is 3. The molecule has 2 heterocycles. The molecule has 0 radical (unpaired) electrons. The molecule has 1 fully saturated rings. The fourth-order valence-electron chi connectivity index (χ4n) is 4.15. The van der Waals surface area contributed by atoms with Crippen molar-refractivity contribution in [3.63, 3.8) is 0 Å². The number of carbonyl (C=O) groups is 3. The molecule has 0 atom stereocenters. The van der Waals surface area contributed by atoms with E-state index in [1.54, 1.807) is 0 Å². The molecule has 2 aromatic rings. The number of rotatable bonds is 9. The van der Waals surface area contributed by atoms with Gasteiger partial charge in [-0.15, -0.1) is 0 Å². The number of nitrogens with zero attached hydrogens (tertiary/aromatic N) is 2. The Morgan fingerprint density at radius 2 is 1.70 bits per heavy atom. The van der Waals surface area contributed by atoms with E-state index in [0.29, 0.717) is 23.1 Å². The molecule has 37 heavy (non-hydrogen) atoms. The molecule has 0 unspecified atom stereocenters. The van der Waals surface area contributed by atoms with Gasteiger partial charge in [-0.05, 0) is 49.6 Å². The molecule has 0 saturated carbocycles. The number of hydrogen-bond acceptors (Lipinski definition) is 6. The van der Waals surface area contributed by atoms with Crippen LogP contribution < -0.4 is 15.0 Å². The van der Waals surface area contributed by atoms with Gasteiger partial charge in [0.05, 0.1) is 22.3 Å². The number of nitrogens with one attached hydrogen (secondary N) is 1. The lowest BCUT2D eigenvalue weighted by Gasteiger charge is -2.36. The van der Waals surface area contributed by atoms with Crippen molar-refractivity contribution in [3.05, 3.63) is 52.0 Å². The van der Waals surface area contributed by atoms with E-state index in [1.807, 2.05) is 30.3 Å². The number of ether oxygens (including phenoxy) is 1. The van der Waals surface area contributed by atoms with Crippen molar-refractivity contribution in [2.75, 3.05) is 49.5 Å². The van der Waals surface area contributed by atoms with Gasteiger partial charge in [0.1, 0.15) is 12.2 Å². The molecule has 2 aliphatic rings. The van der Waals surface area contributed by atoms with E-state index in [2.05, 4.69) is 21.2 Å². The van der Waals surface area contributed by atoms with Crippen molar-refractivity contribution < 1.29 is 29.3 Å². The quantitative estimate of drug-likeness (QED) is 0.309. The summed E-state index contributed by atoms with van der Waals surface area (Å²) in [4.78, 5) is 35.2. The van der Waals surface area contributed by atoms with Crippen LogP contribution in [0.25, 0.3) is 0 Å². The summed E-state index contributed by atoms with van der Waals surface area (Å²) in [5.74, 6) is -1.72. The van der Waals surface area contributed by atoms with Crippen molar-refractivity contribution in [2.45, 2.75) is 32.1 Å². The second-order valence-corrected chi connectivity index (χ2v) is 9.57. The third-order valence-electron chi connectivity index (χ3n) is 6.06. The van der Waals surface area contributed by atoms with Gasteiger partial charge in [-0.25, -0.2) is 0 Å². The van der Waals surface area contributed by atoms with Crippen molar-refractivity contribution >= 4 is 52.4 Å². The lowest BCUT2D eigenvalue weighted by molar-refractivity contribution is -0.147. The van der Waals surface area contributed by atoms with E-state index >= 15 is 0 Å². The molecule has 200 valence electrons. The SMILES string of the molecule is O=C(O)CC(=O)O.O=C1CCc2ccc(OCCCCN3CCN(c4cccc(Cl)c4Cl)CC3)cc2N1. The number of fused-ring (bicyclic) bond motifs is 1. The first-order valence-electron chi connectivity index (χ1n) is 12.1. The maximum absolute atomic E-state index is 11.5. The Bertz CT molecular complexity index is 1090. The number of aliphatic carboxylic acids is 2. The normalized spacial score (nSPS) is 15.2. The Hall–Kier alpha value is -3.01. The molecule has 11 heteroatoms. The zero-order valence-electron chi connectivity index (χ0n) is 20.4. The van der Waals surface area contributed by atoms with Gasteiger partial charge in [-0.1, -0.05) is 35.3 Å². The van der Waals surface area contributed by atoms with Crippen LogP contribution in [0.2, 0.25) is 10.0 Å². The second-order valence-electron chi connectivity index (χ2n) is 8.79. The van der Waals surface area contributed by atoms with Gasteiger partial charge in [0.15, 0.2) is 0 Å². The smallest absolute Gasteiger partial charge is 0.314 e. The number of carbonyl (C=O) groups excluding carboxylic acids is 1. The summed E-state index contributed by atoms with van der Waals surface area (Å²) in [6, 6.07) is 11.8. The average Bonchev–Trinajstić information content (AvgIpc) is 2.85. The average molecular weight is 552 g/mol. The van der Waals surface area contributed by atoms with Gasteiger partial charge in [0.2, 0.25) is 5.91 Å². The molecule has 3 N–H and O–H groups in total. The molecule has 2 aromatic carbocycles. The van der Waals surface area contributed by atoms with E-state index in [9.17, 15) is 14.4 Å². The molecule has 2 aliphatic heterocycles. The number of aryl methyl sites for hydroxylation is 1. The fraction of sp³-hybridized carbons (Fsp3) is 0.423. The number of unbranched alkanes of at least 4 members (excludes halogenated alkanes) is 1. The van der Waals surface area contributed by atoms with Gasteiger partial charge in [0.25, 0.3) is 0 Å². The number of carboxylic acid groups (broad SMARTS) is 2. The number of amides is 1. The number of benzene rings is 2. The molecule has 0 aliphatic carbocycles. The zero-order chi connectivity index (χ0) is 26.8.